The number of para-hydroxylation sites is 3. The molecule has 27 nitrogen and oxygen atoms in total. The molecule has 0 spiro atoms. The molecule has 0 radical (unpaired) electrons. The molecule has 0 fully saturated rings. The zero-order chi connectivity index (χ0) is 101. The van der Waals surface area contributed by atoms with Crippen LogP contribution in [0.3, 0.4) is 0 Å². The summed E-state index contributed by atoms with van der Waals surface area (Å²) in [5.74, 6) is -2.63. The van der Waals surface area contributed by atoms with Gasteiger partial charge in [-0.05, 0) is 141 Å². The summed E-state index contributed by atoms with van der Waals surface area (Å²) in [5, 5.41) is 34.9. The van der Waals surface area contributed by atoms with Gasteiger partial charge in [0.15, 0.2) is 0 Å². The second-order valence-corrected chi connectivity index (χ2v) is 34.5. The first-order chi connectivity index (χ1) is 68.3. The highest BCUT2D eigenvalue weighted by molar-refractivity contribution is 6.01. The number of H-pyrrole nitrogens is 3. The highest BCUT2D eigenvalue weighted by Gasteiger charge is 2.40. The van der Waals surface area contributed by atoms with Crippen LogP contribution in [0.4, 0.5) is 70.5 Å². The zero-order valence-corrected chi connectivity index (χ0v) is 81.7. The molecule has 6 aromatic carbocycles. The molecule has 3 aliphatic heterocycles. The Morgan fingerprint density at radius 1 is 0.403 bits per heavy atom. The number of carbonyl (C=O) groups is 3. The average Bonchev–Trinajstić information content (AvgIpc) is 1.58. The Balaban J connectivity index is 0.000000174. The Kier molecular flexibility index (Phi) is 34.9. The summed E-state index contributed by atoms with van der Waals surface area (Å²) in [5.41, 5.74) is 27.6. The molecule has 144 heavy (non-hydrogen) atoms. The summed E-state index contributed by atoms with van der Waals surface area (Å²) in [7, 11) is 0. The maximum absolute atomic E-state index is 16.6. The standard InChI is InChI=1S/2C34H35F4N7O2.C30H28F4N6O.C5H10O2.2ClH/c2*1-3-20-7-5-8-21(4-2)31(20)45-32(25-18-44(14-11-27(25)43-45)33-41-16-23(17-42-33)34(36,37)38)29-24-10-13-40-30(24)22(15-26(29)35)19-47-28(46)9-6-12-39;1-3-17-6-5-7-18(4-2)27(17)40-28(25-21-8-10-35-26(21)19(16-41)12-23(25)31)22-15-39(11-9-24(22)38-40)29-36-13-20(14-37-29)30(32,33)34;1-2-3-4-5(6)7;;/h2*5,7-8,10,13,15-17,40H,3-4,6,9,11-12,14,18-19,39H2,1-2H3;5-8,10,12-14,35,41H,3-4,9,11,15-16H2,1-2H3;2-4H2,1H3,(H,6,7);2*1H. The van der Waals surface area contributed by atoms with Gasteiger partial charge >= 0.3 is 36.4 Å². The van der Waals surface area contributed by atoms with Crippen LogP contribution in [0.1, 0.15) is 194 Å². The van der Waals surface area contributed by atoms with Crippen LogP contribution in [-0.2, 0) is 140 Å². The van der Waals surface area contributed by atoms with Crippen molar-refractivity contribution in [2.24, 2.45) is 11.5 Å². The smallest absolute Gasteiger partial charge is 0.419 e. The van der Waals surface area contributed by atoms with Crippen LogP contribution in [0.15, 0.2) is 147 Å². The minimum Gasteiger partial charge on any atom is -0.481 e. The minimum absolute atomic E-state index is 0. The van der Waals surface area contributed by atoms with Gasteiger partial charge in [-0.15, -0.1) is 24.8 Å². The van der Waals surface area contributed by atoms with E-state index >= 15 is 13.2 Å². The fourth-order valence-electron chi connectivity index (χ4n) is 18.4. The van der Waals surface area contributed by atoms with Crippen molar-refractivity contribution in [3.63, 3.8) is 0 Å². The van der Waals surface area contributed by atoms with E-state index in [4.69, 9.17) is 41.3 Å². The number of halogens is 14. The van der Waals surface area contributed by atoms with Crippen molar-refractivity contribution in [2.75, 3.05) is 47.4 Å². The number of hydrogen-bond acceptors (Lipinski definition) is 20. The molecule has 9 aromatic heterocycles. The van der Waals surface area contributed by atoms with Gasteiger partial charge in [0, 0.05) is 200 Å². The summed E-state index contributed by atoms with van der Waals surface area (Å²) >= 11 is 0. The van der Waals surface area contributed by atoms with Crippen molar-refractivity contribution in [1.29, 1.82) is 0 Å². The summed E-state index contributed by atoms with van der Waals surface area (Å²) in [6, 6.07) is 27.7. The number of hydrogen-bond donors (Lipinski definition) is 7. The molecule has 0 saturated heterocycles. The van der Waals surface area contributed by atoms with Gasteiger partial charge in [-0.2, -0.15) is 54.8 Å². The van der Waals surface area contributed by atoms with Crippen LogP contribution in [0.5, 0.6) is 0 Å². The van der Waals surface area contributed by atoms with Crippen LogP contribution in [0.2, 0.25) is 0 Å². The molecule has 0 saturated carbocycles. The van der Waals surface area contributed by atoms with Gasteiger partial charge in [0.2, 0.25) is 17.8 Å². The number of nitrogens with one attached hydrogen (secondary N) is 3. The molecule has 0 aliphatic carbocycles. The molecule has 18 rings (SSSR count). The monoisotopic (exact) mass is 2040 g/mol. The lowest BCUT2D eigenvalue weighted by molar-refractivity contribution is -0.145. The topological polar surface area (TPSA) is 350 Å². The SMILES string of the molecule is CCCCC(=O)O.CCc1cccc(CC)c1-n1nc2c(c1-c1c(F)cc(CO)c3[nH]ccc13)CN(c1ncc(C(F)(F)F)cn1)CC2.CCc1cccc(CC)c1-n1nc2c(c1-c1c(F)cc(COC(=O)CCCN)c3[nH]ccc13)CN(c1ncc(C(F)(F)F)cn1)CC2.CCc1cccc(CC)c1-n1nc2c(c1-c1c(F)cc(COC(=O)CCCN)c3[nH]ccc13)CN(c1ncc(C(F)(F)F)cn1)CC2.Cl.Cl. The second kappa shape index (κ2) is 46.7. The van der Waals surface area contributed by atoms with Crippen molar-refractivity contribution >= 4 is 93.3 Å². The Bertz CT molecular complexity index is 6720. The number of benzene rings is 6. The molecule has 41 heteroatoms. The van der Waals surface area contributed by atoms with E-state index in [0.717, 1.165) is 173 Å². The maximum atomic E-state index is 16.6. The number of aromatic amines is 3. The van der Waals surface area contributed by atoms with Gasteiger partial charge in [-0.3, -0.25) is 14.4 Å². The first-order valence-corrected chi connectivity index (χ1v) is 47.3. The average molecular weight is 2040 g/mol. The van der Waals surface area contributed by atoms with Crippen molar-refractivity contribution < 1.29 is 86.8 Å². The number of carboxylic acid groups (broad SMARTS) is 1. The zero-order valence-electron chi connectivity index (χ0n) is 80.1. The van der Waals surface area contributed by atoms with E-state index in [9.17, 15) is 59.0 Å². The molecule has 15 aromatic rings. The number of aliphatic hydroxyl groups is 1. The number of carbonyl (C=O) groups excluding carboxylic acids is 2. The fraction of sp³-hybridized carbons (Fsp3) is 0.359. The van der Waals surface area contributed by atoms with Gasteiger partial charge < -0.3 is 60.8 Å². The Morgan fingerprint density at radius 2 is 0.681 bits per heavy atom. The summed E-state index contributed by atoms with van der Waals surface area (Å²) in [4.78, 5) is 73.2. The predicted octanol–water partition coefficient (Wildman–Crippen LogP) is 21.1. The number of nitrogens with two attached hydrogens (primary N) is 2. The quantitative estimate of drug-likeness (QED) is 0.0169. The van der Waals surface area contributed by atoms with E-state index in [-0.39, 0.29) is 95.0 Å². The lowest BCUT2D eigenvalue weighted by Crippen LogP contribution is -2.31. The number of ether oxygens (including phenoxy) is 2. The molecule has 0 bridgehead atoms. The van der Waals surface area contributed by atoms with E-state index in [1.807, 2.05) is 75.6 Å². The third-order valence-corrected chi connectivity index (χ3v) is 25.6. The Hall–Kier alpha value is -13.8. The lowest BCUT2D eigenvalue weighted by Gasteiger charge is -2.27. The van der Waals surface area contributed by atoms with Gasteiger partial charge in [0.05, 0.1) is 91.1 Å². The van der Waals surface area contributed by atoms with Crippen molar-refractivity contribution in [3.05, 3.63) is 265 Å². The number of alkyl halides is 9. The number of fused-ring (bicyclic) bond motifs is 6. The van der Waals surface area contributed by atoms with Crippen molar-refractivity contribution in [2.45, 2.75) is 209 Å². The predicted molar refractivity (Wildman–Crippen MR) is 528 cm³/mol. The van der Waals surface area contributed by atoms with Crippen molar-refractivity contribution in [3.8, 4) is 50.8 Å². The normalized spacial score (nSPS) is 13.0. The molecule has 3 aliphatic rings. The first kappa shape index (κ1) is 108. The summed E-state index contributed by atoms with van der Waals surface area (Å²) < 4.78 is 184. The van der Waals surface area contributed by atoms with E-state index in [2.05, 4.69) is 86.4 Å². The molecule has 9 N–H and O–H groups in total. The number of aromatic nitrogens is 15. The Morgan fingerprint density at radius 3 is 0.924 bits per heavy atom. The van der Waals surface area contributed by atoms with E-state index < -0.39 is 70.6 Å². The molecule has 0 amide bonds. The largest absolute Gasteiger partial charge is 0.481 e. The molecule has 762 valence electrons. The number of aryl methyl sites for hydroxylation is 6. The highest BCUT2D eigenvalue weighted by Crippen LogP contribution is 2.47. The number of esters is 2. The molecular formula is C103H110Cl2F12N20O7. The first-order valence-electron chi connectivity index (χ1n) is 47.3. The molecule has 0 unspecified atom stereocenters. The van der Waals surface area contributed by atoms with Crippen molar-refractivity contribution in [1.82, 2.24) is 74.2 Å². The van der Waals surface area contributed by atoms with Gasteiger partial charge in [-0.25, -0.2) is 57.1 Å². The highest BCUT2D eigenvalue weighted by atomic mass is 35.5. The molecular weight excluding hydrogens is 1930 g/mol. The van der Waals surface area contributed by atoms with Crippen LogP contribution in [-0.4, -0.2) is 135 Å². The van der Waals surface area contributed by atoms with E-state index in [0.29, 0.717) is 154 Å². The molecule has 12 heterocycles. The lowest BCUT2D eigenvalue weighted by atomic mass is 9.95. The van der Waals surface area contributed by atoms with Gasteiger partial charge in [0.25, 0.3) is 0 Å². The number of nitrogens with zero attached hydrogens (tertiary/aromatic N) is 15. The number of aliphatic hydroxyl groups excluding tert-OH is 1. The van der Waals surface area contributed by atoms with Crippen LogP contribution < -0.4 is 26.2 Å². The maximum Gasteiger partial charge on any atom is 0.419 e. The number of anilines is 3. The number of aliphatic carboxylic acids is 1. The third-order valence-electron chi connectivity index (χ3n) is 25.6. The van der Waals surface area contributed by atoms with Crippen LogP contribution in [0, 0.1) is 17.5 Å². The third kappa shape index (κ3) is 22.9. The number of carboxylic acids is 1. The van der Waals surface area contributed by atoms with E-state index in [1.54, 1.807) is 51.5 Å². The number of rotatable bonds is 29. The fourth-order valence-corrected chi connectivity index (χ4v) is 18.4. The summed E-state index contributed by atoms with van der Waals surface area (Å²) in [6.45, 7) is 16.4. The Labute approximate surface area is 833 Å². The van der Waals surface area contributed by atoms with Crippen LogP contribution >= 0.6 is 24.8 Å². The van der Waals surface area contributed by atoms with Gasteiger partial charge in [-0.1, -0.05) is 109 Å². The second-order valence-electron chi connectivity index (χ2n) is 34.5. The van der Waals surface area contributed by atoms with Crippen LogP contribution in [0.25, 0.3) is 83.5 Å². The minimum atomic E-state index is -4.56. The summed E-state index contributed by atoms with van der Waals surface area (Å²) in [6.07, 6.45) is 5.28. The number of unbranched alkanes of at least 4 members (excludes halogenated alkanes) is 1. The van der Waals surface area contributed by atoms with Gasteiger partial charge in [0.1, 0.15) is 30.7 Å². The van der Waals surface area contributed by atoms with E-state index in [1.165, 1.54) is 18.2 Å². The molecule has 0 atom stereocenters.